The van der Waals surface area contributed by atoms with Gasteiger partial charge in [0.15, 0.2) is 0 Å². The highest BCUT2D eigenvalue weighted by Gasteiger charge is 2.63. The lowest BCUT2D eigenvalue weighted by Crippen LogP contribution is -2.42. The van der Waals surface area contributed by atoms with Crippen molar-refractivity contribution in [3.05, 3.63) is 70.3 Å². The molecule has 0 nitrogen and oxygen atoms in total. The molecule has 6 aliphatic carbocycles. The third-order valence-electron chi connectivity index (χ3n) is 9.39. The minimum Gasteiger partial charge on any atom is -0.243 e. The lowest BCUT2D eigenvalue weighted by atomic mass is 9.55. The predicted molar refractivity (Wildman–Crippen MR) is 130 cm³/mol. The van der Waals surface area contributed by atoms with E-state index in [2.05, 4.69) is 70.6 Å². The molecule has 6 aliphatic rings. The van der Waals surface area contributed by atoms with Crippen LogP contribution in [0, 0.1) is 40.9 Å². The molecule has 0 amide bonds. The van der Waals surface area contributed by atoms with Gasteiger partial charge < -0.3 is 0 Å². The highest BCUT2D eigenvalue weighted by molar-refractivity contribution is 9.11. The topological polar surface area (TPSA) is 0 Å². The van der Waals surface area contributed by atoms with Gasteiger partial charge in [-0.05, 0) is 97.8 Å². The van der Waals surface area contributed by atoms with Gasteiger partial charge in [-0.25, -0.2) is 4.39 Å². The lowest BCUT2D eigenvalue weighted by Gasteiger charge is -2.49. The van der Waals surface area contributed by atoms with Gasteiger partial charge in [0.2, 0.25) is 0 Å². The predicted octanol–water partition coefficient (Wildman–Crippen LogP) is 8.40. The van der Waals surface area contributed by atoms with Gasteiger partial charge in [0.25, 0.3) is 0 Å². The van der Waals surface area contributed by atoms with Gasteiger partial charge in [-0.3, -0.25) is 0 Å². The molecule has 0 radical (unpaired) electrons. The number of hydrogen-bond donors (Lipinski definition) is 0. The molecule has 0 bridgehead atoms. The molecule has 2 heteroatoms. The van der Waals surface area contributed by atoms with Crippen LogP contribution < -0.4 is 0 Å². The summed E-state index contributed by atoms with van der Waals surface area (Å²) in [6, 6.07) is 0. The molecule has 8 unspecified atom stereocenters. The second kappa shape index (κ2) is 8.01. The molecule has 1 saturated carbocycles. The van der Waals surface area contributed by atoms with Crippen LogP contribution in [-0.2, 0) is 0 Å². The first-order valence-corrected chi connectivity index (χ1v) is 13.4. The van der Waals surface area contributed by atoms with Gasteiger partial charge in [0, 0.05) is 5.41 Å². The second-order valence-corrected chi connectivity index (χ2v) is 11.6. The van der Waals surface area contributed by atoms with E-state index in [1.54, 1.807) is 5.57 Å². The molecule has 6 rings (SSSR count). The van der Waals surface area contributed by atoms with Crippen molar-refractivity contribution in [3.63, 3.8) is 0 Å². The molecule has 0 aromatic rings. The smallest absolute Gasteiger partial charge is 0.119 e. The number of allylic oxidation sites excluding steroid dienone is 12. The fourth-order valence-electron chi connectivity index (χ4n) is 8.34. The van der Waals surface area contributed by atoms with Crippen molar-refractivity contribution in [2.75, 3.05) is 0 Å². The summed E-state index contributed by atoms with van der Waals surface area (Å²) in [4.78, 5) is 0. The van der Waals surface area contributed by atoms with Gasteiger partial charge in [0.1, 0.15) is 6.17 Å². The van der Waals surface area contributed by atoms with Crippen molar-refractivity contribution in [1.29, 1.82) is 0 Å². The van der Waals surface area contributed by atoms with Crippen LogP contribution in [0.1, 0.15) is 57.8 Å². The van der Waals surface area contributed by atoms with Gasteiger partial charge >= 0.3 is 0 Å². The Balaban J connectivity index is 1.60. The largest absolute Gasteiger partial charge is 0.243 e. The first-order chi connectivity index (χ1) is 15.2. The average Bonchev–Trinajstić information content (AvgIpc) is 3.10. The molecule has 0 heterocycles. The third kappa shape index (κ3) is 3.03. The SMILES string of the molecule is FC1C=C2C(CC1)C1C3C=CCCC3C(Br)=CC1C2(C1=CCCCC1)C1C=CC=CC1. The summed E-state index contributed by atoms with van der Waals surface area (Å²) in [5.41, 5.74) is 3.09. The molecule has 0 aromatic carbocycles. The van der Waals surface area contributed by atoms with Gasteiger partial charge in [-0.2, -0.15) is 0 Å². The Labute approximate surface area is 195 Å². The van der Waals surface area contributed by atoms with Crippen molar-refractivity contribution in [3.8, 4) is 0 Å². The minimum atomic E-state index is -0.775. The summed E-state index contributed by atoms with van der Waals surface area (Å²) in [6.07, 6.45) is 31.0. The van der Waals surface area contributed by atoms with Crippen LogP contribution in [0.25, 0.3) is 0 Å². The Kier molecular flexibility index (Phi) is 5.29. The Morgan fingerprint density at radius 3 is 2.68 bits per heavy atom. The zero-order valence-electron chi connectivity index (χ0n) is 18.4. The summed E-state index contributed by atoms with van der Waals surface area (Å²) < 4.78 is 16.4. The van der Waals surface area contributed by atoms with Crippen LogP contribution in [0.3, 0.4) is 0 Å². The van der Waals surface area contributed by atoms with Crippen LogP contribution in [0.2, 0.25) is 0 Å². The molecule has 0 spiro atoms. The minimum absolute atomic E-state index is 0.0307. The van der Waals surface area contributed by atoms with Gasteiger partial charge in [0.05, 0.1) is 0 Å². The van der Waals surface area contributed by atoms with Crippen LogP contribution in [-0.4, -0.2) is 6.17 Å². The Bertz CT molecular complexity index is 917. The maximum atomic E-state index is 15.0. The first-order valence-electron chi connectivity index (χ1n) is 12.6. The summed E-state index contributed by atoms with van der Waals surface area (Å²) in [6.45, 7) is 0. The number of rotatable bonds is 2. The van der Waals surface area contributed by atoms with Crippen molar-refractivity contribution in [1.82, 2.24) is 0 Å². The second-order valence-electron chi connectivity index (χ2n) is 10.7. The molecule has 0 N–H and O–H groups in total. The Hall–Kier alpha value is -1.15. The standard InChI is InChI=1S/C29H34BrF/c30-27-18-26-28(23-14-8-7-13-22(23)27)24-16-15-21(31)17-25(24)29(26,19-9-3-1-4-10-19)20-11-5-2-6-12-20/h1,3-4,8-9,11,14,17-19,21-24,26,28H,2,5-7,10,12-13,15-16H2. The third-order valence-corrected chi connectivity index (χ3v) is 10.2. The molecule has 8 atom stereocenters. The van der Waals surface area contributed by atoms with Crippen molar-refractivity contribution < 1.29 is 4.39 Å². The van der Waals surface area contributed by atoms with Crippen LogP contribution in [0.4, 0.5) is 4.39 Å². The van der Waals surface area contributed by atoms with E-state index in [1.807, 2.05) is 0 Å². The van der Waals surface area contributed by atoms with Crippen LogP contribution in [0.5, 0.6) is 0 Å². The monoisotopic (exact) mass is 480 g/mol. The van der Waals surface area contributed by atoms with Crippen molar-refractivity contribution in [2.24, 2.45) is 40.9 Å². The highest BCUT2D eigenvalue weighted by atomic mass is 79.9. The van der Waals surface area contributed by atoms with E-state index in [-0.39, 0.29) is 5.41 Å². The molecule has 0 saturated heterocycles. The van der Waals surface area contributed by atoms with E-state index in [9.17, 15) is 0 Å². The summed E-state index contributed by atoms with van der Waals surface area (Å²) in [5.74, 6) is 3.27. The maximum absolute atomic E-state index is 15.0. The van der Waals surface area contributed by atoms with E-state index in [0.717, 1.165) is 12.8 Å². The summed E-state index contributed by atoms with van der Waals surface area (Å²) in [7, 11) is 0. The number of hydrogen-bond acceptors (Lipinski definition) is 0. The summed E-state index contributed by atoms with van der Waals surface area (Å²) >= 11 is 4.06. The molecule has 164 valence electrons. The lowest BCUT2D eigenvalue weighted by molar-refractivity contribution is 0.139. The highest BCUT2D eigenvalue weighted by Crippen LogP contribution is 2.70. The van der Waals surface area contributed by atoms with Gasteiger partial charge in [-0.15, -0.1) is 0 Å². The zero-order valence-corrected chi connectivity index (χ0v) is 19.9. The number of alkyl halides is 1. The van der Waals surface area contributed by atoms with E-state index in [0.29, 0.717) is 41.9 Å². The first kappa shape index (κ1) is 20.5. The van der Waals surface area contributed by atoms with E-state index >= 15 is 4.39 Å². The molecular formula is C29H34BrF. The maximum Gasteiger partial charge on any atom is 0.119 e. The Morgan fingerprint density at radius 2 is 1.87 bits per heavy atom. The quantitative estimate of drug-likeness (QED) is 0.348. The molecule has 31 heavy (non-hydrogen) atoms. The summed E-state index contributed by atoms with van der Waals surface area (Å²) in [5, 5.41) is 0. The van der Waals surface area contributed by atoms with E-state index in [4.69, 9.17) is 0 Å². The van der Waals surface area contributed by atoms with Gasteiger partial charge in [-0.1, -0.05) is 81.8 Å². The molecule has 0 aliphatic heterocycles. The number of halogens is 2. The van der Waals surface area contributed by atoms with Crippen molar-refractivity contribution >= 4 is 15.9 Å². The molecule has 0 aromatic heterocycles. The fourth-order valence-corrected chi connectivity index (χ4v) is 9.16. The molecule has 1 fully saturated rings. The van der Waals surface area contributed by atoms with E-state index < -0.39 is 6.17 Å². The average molecular weight is 481 g/mol. The Morgan fingerprint density at radius 1 is 0.935 bits per heavy atom. The van der Waals surface area contributed by atoms with Crippen molar-refractivity contribution in [2.45, 2.75) is 64.0 Å². The normalized spacial score (nSPS) is 45.9. The molecular weight excluding hydrogens is 447 g/mol. The number of fused-ring (bicyclic) bond motifs is 5. The zero-order chi connectivity index (χ0) is 21.0. The van der Waals surface area contributed by atoms with Crippen LogP contribution in [0.15, 0.2) is 70.3 Å². The van der Waals surface area contributed by atoms with E-state index in [1.165, 1.54) is 48.6 Å². The van der Waals surface area contributed by atoms with Crippen LogP contribution >= 0.6 is 15.9 Å². The fraction of sp³-hybridized carbons (Fsp3) is 0.586.